The van der Waals surface area contributed by atoms with Crippen LogP contribution in [0.4, 0.5) is 5.69 Å². The lowest BCUT2D eigenvalue weighted by molar-refractivity contribution is -0.134. The summed E-state index contributed by atoms with van der Waals surface area (Å²) in [4.78, 5) is 24.3. The molecule has 174 valence electrons. The van der Waals surface area contributed by atoms with E-state index in [9.17, 15) is 9.59 Å². The highest BCUT2D eigenvalue weighted by atomic mass is 16.4. The summed E-state index contributed by atoms with van der Waals surface area (Å²) in [6.45, 7) is 5.87. The first-order chi connectivity index (χ1) is 16.0. The van der Waals surface area contributed by atoms with Crippen molar-refractivity contribution >= 4 is 17.6 Å². The van der Waals surface area contributed by atoms with Crippen molar-refractivity contribution in [3.05, 3.63) is 76.4 Å². The number of piperazine rings is 1. The fourth-order valence-corrected chi connectivity index (χ4v) is 5.29. The monoisotopic (exact) mass is 448 g/mol. The Morgan fingerprint density at radius 2 is 1.33 bits per heavy atom. The Labute approximate surface area is 195 Å². The highest BCUT2D eigenvalue weighted by Gasteiger charge is 2.26. The van der Waals surface area contributed by atoms with E-state index in [0.29, 0.717) is 12.2 Å². The topological polar surface area (TPSA) is 81.1 Å². The molecule has 1 aliphatic heterocycles. The number of rotatable bonds is 5. The number of hydrogen-bond donors (Lipinski definition) is 2. The maximum atomic E-state index is 9.55. The number of fused-ring (bicyclic) bond motifs is 2. The van der Waals surface area contributed by atoms with Crippen LogP contribution in [0.1, 0.15) is 40.7 Å². The molecule has 0 aromatic heterocycles. The number of aryl methyl sites for hydroxylation is 2. The Kier molecular flexibility index (Phi) is 7.45. The molecule has 0 radical (unpaired) electrons. The van der Waals surface area contributed by atoms with Crippen molar-refractivity contribution in [3.63, 3.8) is 0 Å². The van der Waals surface area contributed by atoms with Crippen molar-refractivity contribution in [1.29, 1.82) is 0 Å². The van der Waals surface area contributed by atoms with Crippen LogP contribution in [0.25, 0.3) is 0 Å². The van der Waals surface area contributed by atoms with E-state index >= 15 is 0 Å². The summed E-state index contributed by atoms with van der Waals surface area (Å²) in [6, 6.07) is 13.5. The molecule has 1 fully saturated rings. The summed E-state index contributed by atoms with van der Waals surface area (Å²) < 4.78 is 0. The van der Waals surface area contributed by atoms with Gasteiger partial charge in [0.2, 0.25) is 0 Å². The van der Waals surface area contributed by atoms with Gasteiger partial charge < -0.3 is 15.1 Å². The van der Waals surface area contributed by atoms with Crippen LogP contribution in [-0.4, -0.2) is 53.2 Å². The van der Waals surface area contributed by atoms with Gasteiger partial charge in [0.05, 0.1) is 0 Å². The molecule has 3 aliphatic rings. The largest absolute Gasteiger partial charge is 0.478 e. The van der Waals surface area contributed by atoms with Crippen LogP contribution >= 0.6 is 0 Å². The van der Waals surface area contributed by atoms with Crippen LogP contribution in [0.2, 0.25) is 0 Å². The van der Waals surface area contributed by atoms with Gasteiger partial charge in [0.25, 0.3) is 0 Å². The number of anilines is 1. The Balaban J connectivity index is 0.000000281. The van der Waals surface area contributed by atoms with Crippen molar-refractivity contribution in [3.8, 4) is 0 Å². The lowest BCUT2D eigenvalue weighted by atomic mass is 9.93. The standard InChI is InChI=1S/C23H28N2.C4H4O4/c1-2-8-20(9-3-1)25-14-12-24(13-15-25)17-23-21-10-4-6-18(21)16-19-7-5-11-22(19)23;5-3(6)1-2-4(7)8/h1-3,8-9,16H,4-7,10-15,17H2;1-2H,(H,5,6)(H,7,8)/b;2-1+. The van der Waals surface area contributed by atoms with Crippen molar-refractivity contribution in [2.24, 2.45) is 0 Å². The van der Waals surface area contributed by atoms with Crippen molar-refractivity contribution in [1.82, 2.24) is 4.90 Å². The van der Waals surface area contributed by atoms with Gasteiger partial charge in [0, 0.05) is 50.6 Å². The number of carboxylic acid groups (broad SMARTS) is 2. The van der Waals surface area contributed by atoms with Crippen LogP contribution in [-0.2, 0) is 41.8 Å². The third-order valence-electron chi connectivity index (χ3n) is 6.84. The number of carbonyl (C=O) groups is 2. The van der Waals surface area contributed by atoms with Crippen LogP contribution in [0, 0.1) is 0 Å². The predicted molar refractivity (Wildman–Crippen MR) is 129 cm³/mol. The smallest absolute Gasteiger partial charge is 0.328 e. The molecule has 0 atom stereocenters. The average Bonchev–Trinajstić information content (AvgIpc) is 3.48. The number of benzene rings is 2. The quantitative estimate of drug-likeness (QED) is 0.679. The van der Waals surface area contributed by atoms with E-state index in [0.717, 1.165) is 13.1 Å². The van der Waals surface area contributed by atoms with E-state index < -0.39 is 11.9 Å². The lowest BCUT2D eigenvalue weighted by Gasteiger charge is -2.36. The Hall–Kier alpha value is -3.12. The zero-order chi connectivity index (χ0) is 23.2. The van der Waals surface area contributed by atoms with E-state index in [1.165, 1.54) is 63.8 Å². The lowest BCUT2D eigenvalue weighted by Crippen LogP contribution is -2.46. The molecule has 2 aliphatic carbocycles. The minimum atomic E-state index is -1.26. The van der Waals surface area contributed by atoms with Gasteiger partial charge in [-0.15, -0.1) is 0 Å². The number of carboxylic acids is 2. The minimum Gasteiger partial charge on any atom is -0.478 e. The van der Waals surface area contributed by atoms with Gasteiger partial charge in [-0.1, -0.05) is 24.3 Å². The van der Waals surface area contributed by atoms with E-state index in [4.69, 9.17) is 10.2 Å². The minimum absolute atomic E-state index is 0.558. The molecule has 0 amide bonds. The van der Waals surface area contributed by atoms with Crippen molar-refractivity contribution in [2.45, 2.75) is 45.1 Å². The van der Waals surface area contributed by atoms with E-state index in [2.05, 4.69) is 46.2 Å². The Morgan fingerprint density at radius 1 is 0.788 bits per heavy atom. The van der Waals surface area contributed by atoms with E-state index in [1.54, 1.807) is 27.8 Å². The molecule has 1 saturated heterocycles. The molecule has 6 heteroatoms. The van der Waals surface area contributed by atoms with Crippen molar-refractivity contribution in [2.75, 3.05) is 31.1 Å². The number of hydrogen-bond acceptors (Lipinski definition) is 4. The summed E-state index contributed by atoms with van der Waals surface area (Å²) in [5.74, 6) is -2.51. The summed E-state index contributed by atoms with van der Waals surface area (Å²) in [5.41, 5.74) is 9.92. The summed E-state index contributed by atoms with van der Waals surface area (Å²) in [7, 11) is 0. The van der Waals surface area contributed by atoms with E-state index in [1.807, 2.05) is 0 Å². The molecule has 2 aromatic carbocycles. The fourth-order valence-electron chi connectivity index (χ4n) is 5.29. The first kappa shape index (κ1) is 23.1. The van der Waals surface area contributed by atoms with Gasteiger partial charge in [-0.3, -0.25) is 4.90 Å². The Morgan fingerprint density at radius 3 is 1.85 bits per heavy atom. The molecular formula is C27H32N2O4. The zero-order valence-electron chi connectivity index (χ0n) is 19.0. The van der Waals surface area contributed by atoms with Gasteiger partial charge in [0.1, 0.15) is 0 Å². The molecule has 2 N–H and O–H groups in total. The predicted octanol–water partition coefficient (Wildman–Crippen LogP) is 3.70. The molecule has 0 unspecified atom stereocenters. The zero-order valence-corrected chi connectivity index (χ0v) is 19.0. The average molecular weight is 449 g/mol. The number of para-hydroxylation sites is 1. The molecule has 0 saturated carbocycles. The van der Waals surface area contributed by atoms with Gasteiger partial charge in [-0.2, -0.15) is 0 Å². The molecular weight excluding hydrogens is 416 g/mol. The van der Waals surface area contributed by atoms with Crippen molar-refractivity contribution < 1.29 is 19.8 Å². The third kappa shape index (κ3) is 5.82. The van der Waals surface area contributed by atoms with Crippen LogP contribution in [0.3, 0.4) is 0 Å². The molecule has 5 rings (SSSR count). The SMILES string of the molecule is O=C(O)/C=C/C(=O)O.c1ccc(N2CCN(Cc3c4c(cc5c3CCC5)CCC4)CC2)cc1. The molecule has 0 spiro atoms. The van der Waals surface area contributed by atoms with Crippen LogP contribution in [0.15, 0.2) is 48.6 Å². The molecule has 33 heavy (non-hydrogen) atoms. The molecule has 0 bridgehead atoms. The van der Waals surface area contributed by atoms with Gasteiger partial charge in [0.15, 0.2) is 0 Å². The third-order valence-corrected chi connectivity index (χ3v) is 6.84. The van der Waals surface area contributed by atoms with Crippen LogP contribution in [0.5, 0.6) is 0 Å². The fraction of sp³-hybridized carbons (Fsp3) is 0.407. The second kappa shape index (κ2) is 10.7. The second-order valence-corrected chi connectivity index (χ2v) is 8.95. The molecule has 6 nitrogen and oxygen atoms in total. The summed E-state index contributed by atoms with van der Waals surface area (Å²) in [6.07, 6.45) is 9.13. The molecule has 1 heterocycles. The van der Waals surface area contributed by atoms with Gasteiger partial charge in [-0.25, -0.2) is 9.59 Å². The van der Waals surface area contributed by atoms with Crippen LogP contribution < -0.4 is 4.90 Å². The summed E-state index contributed by atoms with van der Waals surface area (Å²) in [5, 5.41) is 15.6. The highest BCUT2D eigenvalue weighted by Crippen LogP contribution is 2.36. The first-order valence-electron chi connectivity index (χ1n) is 11.8. The maximum absolute atomic E-state index is 9.55. The van der Waals surface area contributed by atoms with Gasteiger partial charge in [-0.05, 0) is 78.5 Å². The first-order valence-corrected chi connectivity index (χ1v) is 11.8. The Bertz CT molecular complexity index is 976. The summed E-state index contributed by atoms with van der Waals surface area (Å²) >= 11 is 0. The number of aliphatic carboxylic acids is 2. The normalized spacial score (nSPS) is 17.4. The second-order valence-electron chi connectivity index (χ2n) is 8.95. The maximum Gasteiger partial charge on any atom is 0.328 e. The highest BCUT2D eigenvalue weighted by molar-refractivity contribution is 5.89. The van der Waals surface area contributed by atoms with E-state index in [-0.39, 0.29) is 0 Å². The number of nitrogens with zero attached hydrogens (tertiary/aromatic N) is 2. The molecule has 2 aromatic rings. The van der Waals surface area contributed by atoms with Gasteiger partial charge >= 0.3 is 11.9 Å².